The van der Waals surface area contributed by atoms with Crippen molar-refractivity contribution in [3.8, 4) is 0 Å². The van der Waals surface area contributed by atoms with Crippen LogP contribution in [0.15, 0.2) is 47.4 Å². The fourth-order valence-electron chi connectivity index (χ4n) is 3.68. The van der Waals surface area contributed by atoms with E-state index >= 15 is 0 Å². The van der Waals surface area contributed by atoms with E-state index in [1.54, 1.807) is 18.2 Å². The number of amides is 1. The molecule has 7 heteroatoms. The minimum atomic E-state index is -3.54. The molecule has 1 heterocycles. The molecule has 1 aliphatic heterocycles. The normalized spacial score (nSPS) is 15.2. The van der Waals surface area contributed by atoms with Crippen LogP contribution in [0.25, 0.3) is 0 Å². The van der Waals surface area contributed by atoms with Gasteiger partial charge in [0.15, 0.2) is 0 Å². The van der Waals surface area contributed by atoms with Crippen LogP contribution in [0, 0.1) is 6.92 Å². The molecule has 2 aromatic carbocycles. The lowest BCUT2D eigenvalue weighted by Gasteiger charge is -2.26. The van der Waals surface area contributed by atoms with Crippen molar-refractivity contribution in [3.05, 3.63) is 53.6 Å². The molecule has 2 N–H and O–H groups in total. The fraction of sp³-hybridized carbons (Fsp3) is 0.435. The molecule has 0 spiro atoms. The zero-order valence-corrected chi connectivity index (χ0v) is 18.8. The molecule has 1 fully saturated rings. The molecule has 1 saturated heterocycles. The highest BCUT2D eigenvalue weighted by Gasteiger charge is 2.26. The summed E-state index contributed by atoms with van der Waals surface area (Å²) in [5, 5.41) is 6.05. The molecule has 30 heavy (non-hydrogen) atoms. The second-order valence-corrected chi connectivity index (χ2v) is 10.0. The fourth-order valence-corrected chi connectivity index (χ4v) is 5.23. The summed E-state index contributed by atoms with van der Waals surface area (Å²) in [6.45, 7) is 7.28. The zero-order valence-electron chi connectivity index (χ0n) is 17.9. The maximum absolute atomic E-state index is 12.9. The van der Waals surface area contributed by atoms with Gasteiger partial charge in [-0.15, -0.1) is 0 Å². The number of hydrogen-bond acceptors (Lipinski definition) is 4. The average molecular weight is 430 g/mol. The first-order chi connectivity index (χ1) is 14.3. The van der Waals surface area contributed by atoms with Crippen molar-refractivity contribution < 1.29 is 13.2 Å². The Morgan fingerprint density at radius 2 is 1.73 bits per heavy atom. The lowest BCUT2D eigenvalue weighted by Crippen LogP contribution is -2.35. The first kappa shape index (κ1) is 22.3. The number of anilines is 2. The largest absolute Gasteiger partial charge is 0.376 e. The van der Waals surface area contributed by atoms with E-state index in [2.05, 4.69) is 24.5 Å². The van der Waals surface area contributed by atoms with E-state index in [-0.39, 0.29) is 17.3 Å². The van der Waals surface area contributed by atoms with Gasteiger partial charge in [0, 0.05) is 24.5 Å². The third-order valence-corrected chi connectivity index (χ3v) is 7.35. The van der Waals surface area contributed by atoms with E-state index < -0.39 is 10.0 Å². The summed E-state index contributed by atoms with van der Waals surface area (Å²) in [7, 11) is -3.54. The summed E-state index contributed by atoms with van der Waals surface area (Å²) in [5.41, 5.74) is 3.43. The third-order valence-electron chi connectivity index (χ3n) is 5.46. The molecule has 1 aliphatic rings. The van der Waals surface area contributed by atoms with Crippen LogP contribution in [-0.2, 0) is 14.8 Å². The zero-order chi connectivity index (χ0) is 21.7. The van der Waals surface area contributed by atoms with E-state index in [1.807, 2.05) is 31.2 Å². The Balaban J connectivity index is 1.71. The second kappa shape index (κ2) is 9.62. The molecular formula is C23H31N3O3S. The number of carbonyl (C=O) groups excluding carboxylic acids is 1. The Morgan fingerprint density at radius 1 is 1.03 bits per heavy atom. The Labute approximate surface area is 179 Å². The Bertz CT molecular complexity index is 997. The number of nitrogens with one attached hydrogen (secondary N) is 2. The molecule has 0 aliphatic carbocycles. The molecule has 0 bridgehead atoms. The van der Waals surface area contributed by atoms with Crippen molar-refractivity contribution in [3.63, 3.8) is 0 Å². The summed E-state index contributed by atoms with van der Waals surface area (Å²) in [5.74, 6) is 0.125. The molecule has 0 radical (unpaired) electrons. The van der Waals surface area contributed by atoms with Crippen molar-refractivity contribution in [2.75, 3.05) is 30.3 Å². The number of nitrogens with zero attached hydrogens (tertiary/aromatic N) is 1. The number of benzene rings is 2. The Hall–Kier alpha value is -2.38. The van der Waals surface area contributed by atoms with E-state index in [0.29, 0.717) is 24.7 Å². The quantitative estimate of drug-likeness (QED) is 0.686. The van der Waals surface area contributed by atoms with Crippen molar-refractivity contribution in [2.24, 2.45) is 0 Å². The van der Waals surface area contributed by atoms with Gasteiger partial charge >= 0.3 is 0 Å². The number of carbonyl (C=O) groups is 1. The summed E-state index contributed by atoms with van der Waals surface area (Å²) >= 11 is 0. The SMILES string of the molecule is Cc1ccc(S(=O)(=O)N2CCCCC2)cc1NC(=O)CNc1ccccc1C(C)C. The first-order valence-corrected chi connectivity index (χ1v) is 12.0. The van der Waals surface area contributed by atoms with Crippen molar-refractivity contribution in [1.29, 1.82) is 0 Å². The maximum atomic E-state index is 12.9. The summed E-state index contributed by atoms with van der Waals surface area (Å²) < 4.78 is 27.4. The summed E-state index contributed by atoms with van der Waals surface area (Å²) in [4.78, 5) is 12.8. The molecule has 2 aromatic rings. The van der Waals surface area contributed by atoms with Crippen LogP contribution in [0.2, 0.25) is 0 Å². The van der Waals surface area contributed by atoms with Gasteiger partial charge in [-0.05, 0) is 55.0 Å². The number of piperidine rings is 1. The van der Waals surface area contributed by atoms with Crippen LogP contribution >= 0.6 is 0 Å². The monoisotopic (exact) mass is 429 g/mol. The molecule has 0 atom stereocenters. The van der Waals surface area contributed by atoms with Gasteiger partial charge in [-0.25, -0.2) is 8.42 Å². The smallest absolute Gasteiger partial charge is 0.243 e. The molecule has 0 unspecified atom stereocenters. The van der Waals surface area contributed by atoms with Crippen LogP contribution in [0.1, 0.15) is 50.2 Å². The number of sulfonamides is 1. The summed E-state index contributed by atoms with van der Waals surface area (Å²) in [6.07, 6.45) is 2.84. The highest BCUT2D eigenvalue weighted by atomic mass is 32.2. The van der Waals surface area contributed by atoms with Gasteiger partial charge in [0.05, 0.1) is 11.4 Å². The van der Waals surface area contributed by atoms with Crippen molar-refractivity contribution in [2.45, 2.75) is 50.8 Å². The highest BCUT2D eigenvalue weighted by Crippen LogP contribution is 2.26. The minimum absolute atomic E-state index is 0.103. The summed E-state index contributed by atoms with van der Waals surface area (Å²) in [6, 6.07) is 12.9. The molecule has 1 amide bonds. The topological polar surface area (TPSA) is 78.5 Å². The minimum Gasteiger partial charge on any atom is -0.376 e. The van der Waals surface area contributed by atoms with Crippen LogP contribution in [0.3, 0.4) is 0 Å². The number of aryl methyl sites for hydroxylation is 1. The average Bonchev–Trinajstić information content (AvgIpc) is 2.74. The van der Waals surface area contributed by atoms with Crippen LogP contribution < -0.4 is 10.6 Å². The van der Waals surface area contributed by atoms with Crippen molar-refractivity contribution in [1.82, 2.24) is 4.31 Å². The van der Waals surface area contributed by atoms with Gasteiger partial charge in [-0.3, -0.25) is 4.79 Å². The molecule has 162 valence electrons. The van der Waals surface area contributed by atoms with Crippen LogP contribution in [0.4, 0.5) is 11.4 Å². The number of hydrogen-bond donors (Lipinski definition) is 2. The highest BCUT2D eigenvalue weighted by molar-refractivity contribution is 7.89. The van der Waals surface area contributed by atoms with Gasteiger partial charge < -0.3 is 10.6 Å². The molecule has 6 nitrogen and oxygen atoms in total. The second-order valence-electron chi connectivity index (χ2n) is 8.09. The predicted octanol–water partition coefficient (Wildman–Crippen LogP) is 4.34. The van der Waals surface area contributed by atoms with Crippen molar-refractivity contribution >= 4 is 27.3 Å². The van der Waals surface area contributed by atoms with Gasteiger partial charge in [0.1, 0.15) is 0 Å². The predicted molar refractivity (Wildman–Crippen MR) is 121 cm³/mol. The van der Waals surface area contributed by atoms with Gasteiger partial charge in [0.2, 0.25) is 15.9 Å². The molecule has 3 rings (SSSR count). The molecule has 0 saturated carbocycles. The molecular weight excluding hydrogens is 398 g/mol. The van der Waals surface area contributed by atoms with Crippen LogP contribution in [-0.4, -0.2) is 38.3 Å². The molecule has 0 aromatic heterocycles. The first-order valence-electron chi connectivity index (χ1n) is 10.5. The van der Waals surface area contributed by atoms with Gasteiger partial charge in [0.25, 0.3) is 0 Å². The lowest BCUT2D eigenvalue weighted by molar-refractivity contribution is -0.114. The van der Waals surface area contributed by atoms with E-state index in [4.69, 9.17) is 0 Å². The number of rotatable bonds is 7. The maximum Gasteiger partial charge on any atom is 0.243 e. The Morgan fingerprint density at radius 3 is 2.43 bits per heavy atom. The lowest BCUT2D eigenvalue weighted by atomic mass is 10.0. The number of para-hydroxylation sites is 1. The Kier molecular flexibility index (Phi) is 7.15. The van der Waals surface area contributed by atoms with E-state index in [1.165, 1.54) is 4.31 Å². The third kappa shape index (κ3) is 5.21. The van der Waals surface area contributed by atoms with Gasteiger partial charge in [-0.2, -0.15) is 4.31 Å². The van der Waals surface area contributed by atoms with Gasteiger partial charge in [-0.1, -0.05) is 44.5 Å². The van der Waals surface area contributed by atoms with E-state index in [0.717, 1.165) is 36.1 Å². The van der Waals surface area contributed by atoms with E-state index in [9.17, 15) is 13.2 Å². The van der Waals surface area contributed by atoms with Crippen LogP contribution in [0.5, 0.6) is 0 Å². The standard InChI is InChI=1S/C23H31N3O3S/c1-17(2)20-9-5-6-10-21(20)24-16-23(27)25-22-15-19(12-11-18(22)3)30(28,29)26-13-7-4-8-14-26/h5-6,9-12,15,17,24H,4,7-8,13-14,16H2,1-3H3,(H,25,27).